The fourth-order valence-electron chi connectivity index (χ4n) is 11.3. The van der Waals surface area contributed by atoms with Gasteiger partial charge in [-0.3, -0.25) is 10.2 Å². The van der Waals surface area contributed by atoms with Gasteiger partial charge >= 0.3 is 0 Å². The zero-order chi connectivity index (χ0) is 35.3. The summed E-state index contributed by atoms with van der Waals surface area (Å²) < 4.78 is 0. The minimum absolute atomic E-state index is 0.473. The van der Waals surface area contributed by atoms with E-state index in [0.717, 1.165) is 54.5 Å². The molecule has 1 N–H and O–H groups in total. The van der Waals surface area contributed by atoms with Crippen LogP contribution in [0.5, 0.6) is 0 Å². The van der Waals surface area contributed by atoms with E-state index < -0.39 is 0 Å². The molecule has 3 saturated carbocycles. The van der Waals surface area contributed by atoms with Gasteiger partial charge in [0.2, 0.25) is 0 Å². The quantitative estimate of drug-likeness (QED) is 0.174. The van der Waals surface area contributed by atoms with Crippen LogP contribution in [0.2, 0.25) is 0 Å². The fourth-order valence-corrected chi connectivity index (χ4v) is 11.3. The minimum Gasteiger partial charge on any atom is -0.297 e. The van der Waals surface area contributed by atoms with Crippen LogP contribution in [0.25, 0.3) is 0 Å². The van der Waals surface area contributed by atoms with Gasteiger partial charge in [-0.25, -0.2) is 0 Å². The van der Waals surface area contributed by atoms with E-state index in [1.807, 2.05) is 0 Å². The van der Waals surface area contributed by atoms with Gasteiger partial charge in [0.15, 0.2) is 0 Å². The highest BCUT2D eigenvalue weighted by atomic mass is 15.3. The third-order valence-corrected chi connectivity index (χ3v) is 14.7. The van der Waals surface area contributed by atoms with E-state index >= 15 is 0 Å². The van der Waals surface area contributed by atoms with Gasteiger partial charge in [-0.2, -0.15) is 0 Å². The molecule has 0 aromatic carbocycles. The molecule has 3 aliphatic carbocycles. The number of nitrogens with one attached hydrogen (secondary N) is 1. The van der Waals surface area contributed by atoms with Crippen molar-refractivity contribution in [2.45, 2.75) is 176 Å². The van der Waals surface area contributed by atoms with Crippen molar-refractivity contribution in [3.8, 4) is 0 Å². The molecule has 280 valence electrons. The predicted molar refractivity (Wildman–Crippen MR) is 217 cm³/mol. The van der Waals surface area contributed by atoms with Gasteiger partial charge < -0.3 is 0 Å². The van der Waals surface area contributed by atoms with Crippen LogP contribution in [0, 0.1) is 59.2 Å². The molecule has 1 aliphatic heterocycles. The van der Waals surface area contributed by atoms with Gasteiger partial charge in [0.1, 0.15) is 0 Å². The van der Waals surface area contributed by atoms with E-state index in [4.69, 9.17) is 6.58 Å². The smallest absolute Gasteiger partial charge is 0.0629 e. The van der Waals surface area contributed by atoms with Crippen molar-refractivity contribution >= 4 is 0 Å². The number of rotatable bonds is 15. The first-order chi connectivity index (χ1) is 23.7. The number of nitrogens with zero attached hydrogens (tertiary/aromatic N) is 1. The second-order valence-electron chi connectivity index (χ2n) is 17.9. The maximum atomic E-state index is 4.88. The van der Waals surface area contributed by atoms with Crippen molar-refractivity contribution < 1.29 is 0 Å². The van der Waals surface area contributed by atoms with E-state index in [0.29, 0.717) is 30.0 Å². The van der Waals surface area contributed by atoms with Gasteiger partial charge in [-0.05, 0) is 116 Å². The maximum absolute atomic E-state index is 4.88. The summed E-state index contributed by atoms with van der Waals surface area (Å²) in [5.41, 5.74) is 2.65. The zero-order valence-corrected chi connectivity index (χ0v) is 33.7. The molecule has 0 bridgehead atoms. The van der Waals surface area contributed by atoms with E-state index in [2.05, 4.69) is 89.6 Å². The highest BCUT2D eigenvalue weighted by molar-refractivity contribution is 5.37. The molecule has 0 spiro atoms. The molecule has 1 saturated heterocycles. The van der Waals surface area contributed by atoms with Gasteiger partial charge in [0.25, 0.3) is 0 Å². The van der Waals surface area contributed by atoms with Crippen molar-refractivity contribution in [3.63, 3.8) is 0 Å². The van der Waals surface area contributed by atoms with Gasteiger partial charge in [0, 0.05) is 12.6 Å². The predicted octanol–water partition coefficient (Wildman–Crippen LogP) is 13.2. The Morgan fingerprint density at radius 3 is 2.22 bits per heavy atom. The molecule has 0 amide bonds. The summed E-state index contributed by atoms with van der Waals surface area (Å²) in [6.45, 7) is 28.4. The van der Waals surface area contributed by atoms with E-state index in [-0.39, 0.29) is 0 Å². The molecule has 4 fully saturated rings. The summed E-state index contributed by atoms with van der Waals surface area (Å²) in [6.07, 6.45) is 35.4. The second kappa shape index (κ2) is 20.8. The van der Waals surface area contributed by atoms with E-state index in [9.17, 15) is 0 Å². The van der Waals surface area contributed by atoms with Crippen LogP contribution in [0.15, 0.2) is 48.6 Å². The lowest BCUT2D eigenvalue weighted by Crippen LogP contribution is -2.44. The monoisotopic (exact) mass is 675 g/mol. The zero-order valence-electron chi connectivity index (χ0n) is 33.7. The normalized spacial score (nSPS) is 35.8. The van der Waals surface area contributed by atoms with Crippen LogP contribution in [-0.2, 0) is 0 Å². The molecule has 0 radical (unpaired) electrons. The maximum Gasteiger partial charge on any atom is 0.0629 e. The molecule has 0 aromatic rings. The topological polar surface area (TPSA) is 15.3 Å². The van der Waals surface area contributed by atoms with Crippen molar-refractivity contribution in [2.24, 2.45) is 59.2 Å². The summed E-state index contributed by atoms with van der Waals surface area (Å²) in [5, 5.41) is 4.09. The Hall–Kier alpha value is -1.12. The lowest BCUT2D eigenvalue weighted by Gasteiger charge is -2.47. The van der Waals surface area contributed by atoms with Crippen LogP contribution in [0.4, 0.5) is 0 Å². The third-order valence-electron chi connectivity index (χ3n) is 14.7. The average molecular weight is 675 g/mol. The Labute approximate surface area is 306 Å². The standard InChI is InChI=1S/C47H82N2/c1-10-14-22-34(5)38(9)47-48-46(33-49(47)13-4)35(6)27-28-39(12-3)31-37(8)42-23-17-15-16-18-24-43(45-26-20-19-25-44(42)45)41-30-29-40(21-11-2)36(7)32-41/h12,27-28,31,34-36,38,40-48H,3,8,10-11,13-26,29-30,32-33H2,1-2,4-7,9H3/b28-27-,39-31+. The van der Waals surface area contributed by atoms with Crippen molar-refractivity contribution in [1.82, 2.24) is 10.2 Å². The summed E-state index contributed by atoms with van der Waals surface area (Å²) in [7, 11) is 0. The van der Waals surface area contributed by atoms with Crippen molar-refractivity contribution in [3.05, 3.63) is 48.6 Å². The second-order valence-corrected chi connectivity index (χ2v) is 17.9. The lowest BCUT2D eigenvalue weighted by molar-refractivity contribution is 0.0366. The highest BCUT2D eigenvalue weighted by Crippen LogP contribution is 2.51. The van der Waals surface area contributed by atoms with Crippen molar-refractivity contribution in [2.75, 3.05) is 13.1 Å². The molecule has 2 nitrogen and oxygen atoms in total. The van der Waals surface area contributed by atoms with Crippen LogP contribution in [0.1, 0.15) is 164 Å². The van der Waals surface area contributed by atoms with Gasteiger partial charge in [-0.15, -0.1) is 0 Å². The first kappa shape index (κ1) is 40.6. The van der Waals surface area contributed by atoms with Crippen LogP contribution in [-0.4, -0.2) is 30.2 Å². The molecule has 4 rings (SSSR count). The van der Waals surface area contributed by atoms with Crippen molar-refractivity contribution in [1.29, 1.82) is 0 Å². The molecule has 12 atom stereocenters. The first-order valence-electron chi connectivity index (χ1n) is 21.9. The molecule has 12 unspecified atom stereocenters. The Bertz CT molecular complexity index is 1040. The minimum atomic E-state index is 0.473. The number of hydrogen-bond donors (Lipinski definition) is 1. The molecule has 4 aliphatic rings. The van der Waals surface area contributed by atoms with Crippen LogP contribution < -0.4 is 5.32 Å². The average Bonchev–Trinajstić information content (AvgIpc) is 3.56. The number of fused-ring (bicyclic) bond motifs is 1. The Kier molecular flexibility index (Phi) is 17.3. The van der Waals surface area contributed by atoms with Crippen LogP contribution in [0.3, 0.4) is 0 Å². The van der Waals surface area contributed by atoms with E-state index in [1.54, 1.807) is 0 Å². The Morgan fingerprint density at radius 1 is 0.857 bits per heavy atom. The number of unbranched alkanes of at least 4 members (excludes halogenated alkanes) is 1. The summed E-state index contributed by atoms with van der Waals surface area (Å²) in [4.78, 5) is 2.69. The number of hydrogen-bond acceptors (Lipinski definition) is 2. The molecule has 0 aromatic heterocycles. The largest absolute Gasteiger partial charge is 0.297 e. The number of allylic oxidation sites excluding steroid dienone is 5. The Balaban J connectivity index is 1.46. The highest BCUT2D eigenvalue weighted by Gasteiger charge is 2.42. The Morgan fingerprint density at radius 2 is 1.55 bits per heavy atom. The molecular formula is C47H82N2. The molecule has 49 heavy (non-hydrogen) atoms. The SMILES string of the molecule is C=CC(/C=C\C(C)C1CN(CC)C(C(C)C(C)CCCC)N1)=C\C(=C)C1CCCCCCC(C2CCC(CCC)C(C)C2)C2CCCCC12. The fraction of sp³-hybridized carbons (Fsp3) is 0.830. The summed E-state index contributed by atoms with van der Waals surface area (Å²) >= 11 is 0. The first-order valence-corrected chi connectivity index (χ1v) is 21.9. The molecular weight excluding hydrogens is 593 g/mol. The molecule has 1 heterocycles. The van der Waals surface area contributed by atoms with Crippen LogP contribution >= 0.6 is 0 Å². The summed E-state index contributed by atoms with van der Waals surface area (Å²) in [5.74, 6) is 8.04. The summed E-state index contributed by atoms with van der Waals surface area (Å²) in [6, 6.07) is 0.495. The van der Waals surface area contributed by atoms with Gasteiger partial charge in [0.05, 0.1) is 6.17 Å². The number of likely N-dealkylation sites (N-methyl/N-ethyl adjacent to an activating group) is 1. The lowest BCUT2D eigenvalue weighted by atomic mass is 9.58. The van der Waals surface area contributed by atoms with Gasteiger partial charge in [-0.1, -0.05) is 162 Å². The third kappa shape index (κ3) is 11.2. The molecule has 2 heteroatoms. The van der Waals surface area contributed by atoms with E-state index in [1.165, 1.54) is 127 Å².